The monoisotopic (exact) mass is 1000 g/mol. The Morgan fingerprint density at radius 1 is 0.437 bits per heavy atom. The van der Waals surface area contributed by atoms with E-state index in [0.717, 1.165) is 64.2 Å². The molecule has 71 heavy (non-hydrogen) atoms. The van der Waals surface area contributed by atoms with E-state index in [0.29, 0.717) is 17.4 Å². The molecule has 0 radical (unpaired) electrons. The van der Waals surface area contributed by atoms with E-state index in [1.165, 1.54) is 180 Å². The molecule has 0 rings (SSSR count). The summed E-state index contributed by atoms with van der Waals surface area (Å²) in [5.74, 6) is -2.28. The minimum absolute atomic E-state index is 0.150. The zero-order valence-electron chi connectivity index (χ0n) is 47.1. The standard InChI is InChI=1S/C62H113NO8/c1-6-8-10-12-14-15-16-17-18-19-20-21-22-23-24-25-26-27-28-29-30-31-32-33-34-35-36-37-38-39-40-41-42-43-44-45-47-49-51-53-60(65)71-58(56-69-59(64)52-50-48-46-13-11-9-7-2)57-70-62(61(66)67)68-55-54-63(3,4)5/h8,10,14-15,17-18,20-21,58,62H,6-7,9,11-13,16,19,22-57H2,1-5H3/b10-8-,15-14-,18-17-,21-20-. The number of allylic oxidation sites excluding steroid dienone is 8. The van der Waals surface area contributed by atoms with Gasteiger partial charge in [-0.25, -0.2) is 0 Å². The van der Waals surface area contributed by atoms with Gasteiger partial charge in [-0.1, -0.05) is 255 Å². The van der Waals surface area contributed by atoms with E-state index in [-0.39, 0.29) is 32.2 Å². The Hall–Kier alpha value is -2.75. The first-order valence-electron chi connectivity index (χ1n) is 29.8. The van der Waals surface area contributed by atoms with Gasteiger partial charge < -0.3 is 33.3 Å². The number of hydrogen-bond acceptors (Lipinski definition) is 8. The van der Waals surface area contributed by atoms with Crippen LogP contribution in [0.25, 0.3) is 0 Å². The summed E-state index contributed by atoms with van der Waals surface area (Å²) in [7, 11) is 5.92. The van der Waals surface area contributed by atoms with Gasteiger partial charge in [0.1, 0.15) is 13.2 Å². The van der Waals surface area contributed by atoms with Gasteiger partial charge in [-0.3, -0.25) is 9.59 Å². The Balaban J connectivity index is 3.82. The van der Waals surface area contributed by atoms with Crippen molar-refractivity contribution in [3.05, 3.63) is 48.6 Å². The number of carbonyl (C=O) groups is 3. The molecule has 9 heteroatoms. The maximum atomic E-state index is 12.8. The topological polar surface area (TPSA) is 111 Å². The predicted molar refractivity (Wildman–Crippen MR) is 297 cm³/mol. The van der Waals surface area contributed by atoms with Gasteiger partial charge in [0, 0.05) is 12.8 Å². The van der Waals surface area contributed by atoms with Gasteiger partial charge in [0.05, 0.1) is 40.3 Å². The van der Waals surface area contributed by atoms with Crippen molar-refractivity contribution >= 4 is 17.9 Å². The lowest BCUT2D eigenvalue weighted by molar-refractivity contribution is -0.870. The van der Waals surface area contributed by atoms with Crippen LogP contribution in [0.3, 0.4) is 0 Å². The normalized spacial score (nSPS) is 13.1. The molecule has 0 spiro atoms. The average molecular weight is 1000 g/mol. The van der Waals surface area contributed by atoms with Gasteiger partial charge in [-0.05, 0) is 51.4 Å². The highest BCUT2D eigenvalue weighted by Gasteiger charge is 2.22. The first-order valence-corrected chi connectivity index (χ1v) is 29.8. The highest BCUT2D eigenvalue weighted by molar-refractivity contribution is 5.70. The molecule has 0 saturated heterocycles. The molecule has 0 fully saturated rings. The van der Waals surface area contributed by atoms with Crippen molar-refractivity contribution in [2.24, 2.45) is 0 Å². The lowest BCUT2D eigenvalue weighted by Gasteiger charge is -2.26. The van der Waals surface area contributed by atoms with Gasteiger partial charge in [-0.2, -0.15) is 0 Å². The van der Waals surface area contributed by atoms with E-state index in [2.05, 4.69) is 62.5 Å². The van der Waals surface area contributed by atoms with Crippen LogP contribution < -0.4 is 5.11 Å². The molecule has 0 aromatic heterocycles. The van der Waals surface area contributed by atoms with Crippen molar-refractivity contribution in [1.82, 2.24) is 0 Å². The van der Waals surface area contributed by atoms with Gasteiger partial charge in [-0.15, -0.1) is 0 Å². The number of quaternary nitrogens is 1. The minimum atomic E-state index is -1.61. The first kappa shape index (κ1) is 68.2. The SMILES string of the molecule is CC/C=C\C/C=C\C/C=C\C/C=C\CCCCCCCCCCCCCCCCCCCCCCCCCCCCC(=O)OC(COC(=O)CCCCCCCCC)COC(OCC[N+](C)(C)C)C(=O)[O-]. The van der Waals surface area contributed by atoms with Crippen LogP contribution >= 0.6 is 0 Å². The van der Waals surface area contributed by atoms with Crippen LogP contribution in [0.1, 0.15) is 271 Å². The first-order chi connectivity index (χ1) is 34.6. The third-order valence-corrected chi connectivity index (χ3v) is 13.1. The Morgan fingerprint density at radius 2 is 0.803 bits per heavy atom. The lowest BCUT2D eigenvalue weighted by atomic mass is 10.0. The van der Waals surface area contributed by atoms with Gasteiger partial charge >= 0.3 is 11.9 Å². The Bertz CT molecular complexity index is 1300. The van der Waals surface area contributed by atoms with Crippen LogP contribution in [0.2, 0.25) is 0 Å². The van der Waals surface area contributed by atoms with Crippen LogP contribution in [0.4, 0.5) is 0 Å². The summed E-state index contributed by atoms with van der Waals surface area (Å²) in [6.07, 6.45) is 63.7. The minimum Gasteiger partial charge on any atom is -0.545 e. The van der Waals surface area contributed by atoms with E-state index >= 15 is 0 Å². The van der Waals surface area contributed by atoms with E-state index < -0.39 is 24.3 Å². The molecule has 9 nitrogen and oxygen atoms in total. The summed E-state index contributed by atoms with van der Waals surface area (Å²) in [4.78, 5) is 36.9. The number of carboxylic acids is 1. The second-order valence-electron chi connectivity index (χ2n) is 21.3. The molecule has 0 aliphatic heterocycles. The zero-order chi connectivity index (χ0) is 52.0. The molecule has 414 valence electrons. The Kier molecular flexibility index (Phi) is 51.5. The molecule has 2 unspecified atom stereocenters. The number of ether oxygens (including phenoxy) is 4. The van der Waals surface area contributed by atoms with Gasteiger partial charge in [0.2, 0.25) is 0 Å². The summed E-state index contributed by atoms with van der Waals surface area (Å²) < 4.78 is 22.5. The van der Waals surface area contributed by atoms with Crippen LogP contribution in [0.15, 0.2) is 48.6 Å². The maximum Gasteiger partial charge on any atom is 0.306 e. The fourth-order valence-electron chi connectivity index (χ4n) is 8.53. The molecule has 0 heterocycles. The molecule has 0 aromatic carbocycles. The van der Waals surface area contributed by atoms with Crippen molar-refractivity contribution in [2.45, 2.75) is 283 Å². The van der Waals surface area contributed by atoms with Crippen LogP contribution in [0, 0.1) is 0 Å². The number of carbonyl (C=O) groups excluding carboxylic acids is 3. The number of likely N-dealkylation sites (N-methyl/N-ethyl adjacent to an activating group) is 1. The Labute approximate surface area is 438 Å². The number of nitrogens with zero attached hydrogens (tertiary/aromatic N) is 1. The van der Waals surface area contributed by atoms with E-state index in [1.807, 2.05) is 21.1 Å². The van der Waals surface area contributed by atoms with Crippen molar-refractivity contribution < 1.29 is 42.9 Å². The fourth-order valence-corrected chi connectivity index (χ4v) is 8.53. The summed E-state index contributed by atoms with van der Waals surface area (Å²) in [5.41, 5.74) is 0. The van der Waals surface area contributed by atoms with Crippen molar-refractivity contribution in [3.63, 3.8) is 0 Å². The zero-order valence-corrected chi connectivity index (χ0v) is 47.1. The van der Waals surface area contributed by atoms with Crippen molar-refractivity contribution in [1.29, 1.82) is 0 Å². The number of carboxylic acid groups (broad SMARTS) is 1. The molecule has 0 bridgehead atoms. The molecular formula is C62H113NO8. The summed E-state index contributed by atoms with van der Waals surface area (Å²) >= 11 is 0. The lowest BCUT2D eigenvalue weighted by Crippen LogP contribution is -2.44. The predicted octanol–water partition coefficient (Wildman–Crippen LogP) is 16.1. The van der Waals surface area contributed by atoms with Crippen LogP contribution in [-0.2, 0) is 33.3 Å². The number of hydrogen-bond donors (Lipinski definition) is 0. The molecule has 0 N–H and O–H groups in total. The number of aliphatic carboxylic acids is 1. The highest BCUT2D eigenvalue weighted by Crippen LogP contribution is 2.17. The second kappa shape index (κ2) is 53.5. The quantitative estimate of drug-likeness (QED) is 0.0195. The number of esters is 2. The summed E-state index contributed by atoms with van der Waals surface area (Å²) in [5, 5.41) is 11.7. The molecule has 0 aliphatic carbocycles. The average Bonchev–Trinajstić information content (AvgIpc) is 3.34. The largest absolute Gasteiger partial charge is 0.545 e. The van der Waals surface area contributed by atoms with Crippen LogP contribution in [0.5, 0.6) is 0 Å². The maximum absolute atomic E-state index is 12.8. The summed E-state index contributed by atoms with van der Waals surface area (Å²) in [6.45, 7) is 4.60. The third-order valence-electron chi connectivity index (χ3n) is 13.1. The molecule has 0 aromatic rings. The molecular weight excluding hydrogens is 887 g/mol. The van der Waals surface area contributed by atoms with E-state index in [1.54, 1.807) is 0 Å². The molecule has 2 atom stereocenters. The van der Waals surface area contributed by atoms with E-state index in [9.17, 15) is 19.5 Å². The smallest absolute Gasteiger partial charge is 0.306 e. The second-order valence-corrected chi connectivity index (χ2v) is 21.3. The molecule has 0 saturated carbocycles. The molecule has 0 aliphatic rings. The Morgan fingerprint density at radius 3 is 1.20 bits per heavy atom. The fraction of sp³-hybridized carbons (Fsp3) is 0.823. The molecule has 0 amide bonds. The van der Waals surface area contributed by atoms with Crippen molar-refractivity contribution in [3.8, 4) is 0 Å². The van der Waals surface area contributed by atoms with Crippen molar-refractivity contribution in [2.75, 3.05) is 47.5 Å². The number of rotatable bonds is 55. The van der Waals surface area contributed by atoms with Gasteiger partial charge in [0.15, 0.2) is 12.4 Å². The third kappa shape index (κ3) is 54.9. The number of unbranched alkanes of at least 4 members (excludes halogenated alkanes) is 32. The highest BCUT2D eigenvalue weighted by atomic mass is 16.7. The summed E-state index contributed by atoms with van der Waals surface area (Å²) in [6, 6.07) is 0. The van der Waals surface area contributed by atoms with E-state index in [4.69, 9.17) is 18.9 Å². The van der Waals surface area contributed by atoms with Gasteiger partial charge in [0.25, 0.3) is 0 Å². The van der Waals surface area contributed by atoms with Crippen LogP contribution in [-0.4, -0.2) is 82.3 Å².